The molecular weight excluding hydrogens is 332 g/mol. The molecule has 0 aliphatic rings. The molecule has 0 amide bonds. The van der Waals surface area contributed by atoms with Crippen molar-refractivity contribution in [3.63, 3.8) is 0 Å². The minimum Gasteiger partial charge on any atom is -0.302 e. The molecule has 4 nitrogen and oxygen atoms in total. The van der Waals surface area contributed by atoms with Crippen LogP contribution in [0.2, 0.25) is 0 Å². The van der Waals surface area contributed by atoms with Crippen LogP contribution in [0, 0.1) is 0 Å². The van der Waals surface area contributed by atoms with Gasteiger partial charge in [0.1, 0.15) is 0 Å². The zero-order valence-electron chi connectivity index (χ0n) is 19.4. The Morgan fingerprint density at radius 1 is 0.593 bits per heavy atom. The van der Waals surface area contributed by atoms with Gasteiger partial charge >= 0.3 is 0 Å². The van der Waals surface area contributed by atoms with E-state index >= 15 is 0 Å². The van der Waals surface area contributed by atoms with Gasteiger partial charge in [-0.05, 0) is 33.5 Å². The summed E-state index contributed by atoms with van der Waals surface area (Å²) in [7, 11) is 4.32. The Morgan fingerprint density at radius 2 is 0.926 bits per heavy atom. The largest absolute Gasteiger partial charge is 0.302 e. The van der Waals surface area contributed by atoms with Gasteiger partial charge in [-0.1, -0.05) is 110 Å². The van der Waals surface area contributed by atoms with Crippen LogP contribution in [0.1, 0.15) is 123 Å². The van der Waals surface area contributed by atoms with Crippen molar-refractivity contribution in [1.82, 2.24) is 10.2 Å². The first-order valence-corrected chi connectivity index (χ1v) is 12.0. The van der Waals surface area contributed by atoms with Crippen LogP contribution in [0.15, 0.2) is 0 Å². The van der Waals surface area contributed by atoms with Gasteiger partial charge in [0, 0.05) is 0 Å². The maximum absolute atomic E-state index is 4.00. The second-order valence-electron chi connectivity index (χ2n) is 8.15. The predicted octanol–water partition coefficient (Wildman–Crippen LogP) is 5.95. The summed E-state index contributed by atoms with van der Waals surface area (Å²) in [6, 6.07) is 0. The molecule has 0 radical (unpaired) electrons. The van der Waals surface area contributed by atoms with Crippen molar-refractivity contribution in [3.05, 3.63) is 0 Å². The molecule has 166 valence electrons. The van der Waals surface area contributed by atoms with Crippen molar-refractivity contribution in [2.24, 2.45) is 11.7 Å². The number of unbranched alkanes of at least 4 members (excludes halogenated alkanes) is 15. The Balaban J connectivity index is 0. The monoisotopic (exact) mass is 386 g/mol. The molecule has 5 N–H and O–H groups in total. The van der Waals surface area contributed by atoms with Crippen LogP contribution in [0.5, 0.6) is 0 Å². The van der Waals surface area contributed by atoms with Crippen LogP contribution in [-0.2, 0) is 0 Å². The summed E-state index contributed by atoms with van der Waals surface area (Å²) in [6.45, 7) is 5.73. The average molecular weight is 387 g/mol. The van der Waals surface area contributed by atoms with Crippen LogP contribution in [-0.4, -0.2) is 31.7 Å². The highest BCUT2D eigenvalue weighted by Gasteiger charge is 2.05. The molecule has 27 heavy (non-hydrogen) atoms. The fourth-order valence-electron chi connectivity index (χ4n) is 3.63. The molecule has 0 rings (SSSR count). The lowest BCUT2D eigenvalue weighted by Gasteiger charge is -2.24. The van der Waals surface area contributed by atoms with Gasteiger partial charge in [0.15, 0.2) is 0 Å². The fourth-order valence-corrected chi connectivity index (χ4v) is 3.63. The summed E-state index contributed by atoms with van der Waals surface area (Å²) in [6.07, 6.45) is 24.9. The Morgan fingerprint density at radius 3 is 1.22 bits per heavy atom. The molecule has 0 aliphatic heterocycles. The minimum atomic E-state index is 0.552. The van der Waals surface area contributed by atoms with Gasteiger partial charge in [0.2, 0.25) is 0 Å². The van der Waals surface area contributed by atoms with E-state index in [1.54, 1.807) is 0 Å². The molecule has 0 bridgehead atoms. The van der Waals surface area contributed by atoms with E-state index in [2.05, 4.69) is 49.8 Å². The summed E-state index contributed by atoms with van der Waals surface area (Å²) < 4.78 is 0. The second-order valence-corrected chi connectivity index (χ2v) is 8.15. The van der Waals surface area contributed by atoms with Gasteiger partial charge in [-0.15, -0.1) is 0 Å². The second kappa shape index (κ2) is 25.8. The molecule has 0 saturated heterocycles. The predicted molar refractivity (Wildman–Crippen MR) is 124 cm³/mol. The zero-order valence-corrected chi connectivity index (χ0v) is 19.4. The van der Waals surface area contributed by atoms with Crippen molar-refractivity contribution in [2.75, 3.05) is 20.6 Å². The summed E-state index contributed by atoms with van der Waals surface area (Å²) in [5.41, 5.74) is 0. The molecule has 0 heterocycles. The number of rotatable bonds is 20. The van der Waals surface area contributed by atoms with Crippen LogP contribution in [0.4, 0.5) is 0 Å². The van der Waals surface area contributed by atoms with Gasteiger partial charge in [0.25, 0.3) is 0 Å². The summed E-state index contributed by atoms with van der Waals surface area (Å²) >= 11 is 0. The van der Waals surface area contributed by atoms with E-state index in [1.807, 2.05) is 0 Å². The van der Waals surface area contributed by atoms with E-state index in [0.717, 1.165) is 0 Å². The first-order valence-electron chi connectivity index (χ1n) is 12.0. The van der Waals surface area contributed by atoms with Gasteiger partial charge in [0.05, 0.1) is 6.17 Å². The molecule has 4 heteroatoms. The quantitative estimate of drug-likeness (QED) is 0.105. The van der Waals surface area contributed by atoms with Gasteiger partial charge in [-0.2, -0.15) is 0 Å². The molecule has 1 unspecified atom stereocenters. The molecule has 1 atom stereocenters. The summed E-state index contributed by atoms with van der Waals surface area (Å²) in [5, 5.41) is 3.64. The van der Waals surface area contributed by atoms with Gasteiger partial charge in [-0.25, -0.2) is 0 Å². The first-order chi connectivity index (χ1) is 13.2. The first kappa shape index (κ1) is 29.0. The molecule has 0 aromatic carbocycles. The van der Waals surface area contributed by atoms with Crippen LogP contribution in [0.25, 0.3) is 0 Å². The minimum absolute atomic E-state index is 0.552. The Kier molecular flexibility index (Phi) is 27.8. The van der Waals surface area contributed by atoms with Crippen molar-refractivity contribution < 1.29 is 0 Å². The molecule has 0 spiro atoms. The van der Waals surface area contributed by atoms with Crippen molar-refractivity contribution in [2.45, 2.75) is 129 Å². The van der Waals surface area contributed by atoms with E-state index in [-0.39, 0.29) is 0 Å². The number of hydrazine groups is 1. The third kappa shape index (κ3) is 23.8. The van der Waals surface area contributed by atoms with Crippen LogP contribution >= 0.6 is 0 Å². The highest BCUT2D eigenvalue weighted by Crippen LogP contribution is 2.13. The Hall–Kier alpha value is -0.160. The standard InChI is InChI=1S/C23H50N2.H4N2/c1-5-7-8-9-10-11-12-13-14-15-16-17-18-19-20-21-22-24-23(6-2)25(3)4;1-2/h23-24H,5-22H2,1-4H3;1-2H2. The number of hydrogen-bond donors (Lipinski definition) is 3. The van der Waals surface area contributed by atoms with E-state index < -0.39 is 0 Å². The number of nitrogens with two attached hydrogens (primary N) is 2. The van der Waals surface area contributed by atoms with Gasteiger partial charge in [-0.3, -0.25) is 16.6 Å². The SMILES string of the molecule is CCCCCCCCCCCCCCCCCCNC(CC)N(C)C.NN. The third-order valence-electron chi connectivity index (χ3n) is 5.42. The van der Waals surface area contributed by atoms with Crippen molar-refractivity contribution in [3.8, 4) is 0 Å². The fraction of sp³-hybridized carbons (Fsp3) is 1.00. The highest BCUT2D eigenvalue weighted by atomic mass is 15.2. The lowest BCUT2D eigenvalue weighted by molar-refractivity contribution is 0.238. The van der Waals surface area contributed by atoms with E-state index in [9.17, 15) is 0 Å². The number of hydrogen-bond acceptors (Lipinski definition) is 4. The molecular formula is C23H54N4. The smallest absolute Gasteiger partial charge is 0.0589 e. The highest BCUT2D eigenvalue weighted by molar-refractivity contribution is 4.61. The van der Waals surface area contributed by atoms with Gasteiger partial charge < -0.3 is 5.32 Å². The normalized spacial score (nSPS) is 12.1. The third-order valence-corrected chi connectivity index (χ3v) is 5.42. The molecule has 0 aromatic rings. The lowest BCUT2D eigenvalue weighted by atomic mass is 10.0. The number of nitrogens with zero attached hydrogens (tertiary/aromatic N) is 1. The number of nitrogens with one attached hydrogen (secondary N) is 1. The topological polar surface area (TPSA) is 67.3 Å². The van der Waals surface area contributed by atoms with Crippen molar-refractivity contribution in [1.29, 1.82) is 0 Å². The van der Waals surface area contributed by atoms with Crippen molar-refractivity contribution >= 4 is 0 Å². The Bertz CT molecular complexity index is 247. The zero-order chi connectivity index (χ0) is 20.6. The lowest BCUT2D eigenvalue weighted by Crippen LogP contribution is -2.41. The maximum atomic E-state index is 4.00. The Labute approximate surface area is 172 Å². The molecule has 0 saturated carbocycles. The van der Waals surface area contributed by atoms with Crippen LogP contribution < -0.4 is 17.0 Å². The van der Waals surface area contributed by atoms with E-state index in [1.165, 1.54) is 116 Å². The molecule has 0 aliphatic carbocycles. The summed E-state index contributed by atoms with van der Waals surface area (Å²) in [4.78, 5) is 2.28. The summed E-state index contributed by atoms with van der Waals surface area (Å²) in [5.74, 6) is 8.00. The van der Waals surface area contributed by atoms with E-state index in [0.29, 0.717) is 6.17 Å². The average Bonchev–Trinajstić information content (AvgIpc) is 2.68. The maximum Gasteiger partial charge on any atom is 0.0589 e. The van der Waals surface area contributed by atoms with Crippen LogP contribution in [0.3, 0.4) is 0 Å². The van der Waals surface area contributed by atoms with E-state index in [4.69, 9.17) is 0 Å². The molecule has 0 fully saturated rings. The molecule has 0 aromatic heterocycles.